The summed E-state index contributed by atoms with van der Waals surface area (Å²) >= 11 is 0. The molecule has 1 aromatic carbocycles. The lowest BCUT2D eigenvalue weighted by atomic mass is 9.90. The molecule has 1 saturated heterocycles. The van der Waals surface area contributed by atoms with Crippen LogP contribution < -0.4 is 0 Å². The van der Waals surface area contributed by atoms with Gasteiger partial charge in [0.15, 0.2) is 0 Å². The molecule has 1 aromatic heterocycles. The van der Waals surface area contributed by atoms with Crippen LogP contribution in [0.15, 0.2) is 24.4 Å². The molecule has 0 unspecified atom stereocenters. The van der Waals surface area contributed by atoms with Crippen LogP contribution in [-0.2, 0) is 25.8 Å². The second kappa shape index (κ2) is 7.86. The molecule has 29 heavy (non-hydrogen) atoms. The molecule has 152 valence electrons. The highest BCUT2D eigenvalue weighted by atomic mass is 16.2. The molecule has 5 heteroatoms. The van der Waals surface area contributed by atoms with Gasteiger partial charge in [-0.2, -0.15) is 0 Å². The first-order valence-electron chi connectivity index (χ1n) is 11.1. The molecule has 0 saturated carbocycles. The molecule has 3 aliphatic rings. The summed E-state index contributed by atoms with van der Waals surface area (Å²) in [6.07, 6.45) is 9.83. The lowest BCUT2D eigenvalue weighted by molar-refractivity contribution is 0.0733. The van der Waals surface area contributed by atoms with Crippen molar-refractivity contribution < 1.29 is 4.79 Å². The third kappa shape index (κ3) is 3.80. The van der Waals surface area contributed by atoms with Gasteiger partial charge in [0.2, 0.25) is 0 Å². The molecule has 1 fully saturated rings. The molecular weight excluding hydrogens is 360 g/mol. The number of carbonyl (C=O) groups excluding carboxylic acids is 1. The van der Waals surface area contributed by atoms with Crippen LogP contribution in [0.4, 0.5) is 0 Å². The van der Waals surface area contributed by atoms with E-state index in [1.54, 1.807) is 0 Å². The molecule has 0 bridgehead atoms. The molecule has 0 spiro atoms. The summed E-state index contributed by atoms with van der Waals surface area (Å²) in [6, 6.07) is 6.31. The van der Waals surface area contributed by atoms with Crippen LogP contribution in [0.5, 0.6) is 0 Å². The van der Waals surface area contributed by atoms with Crippen LogP contribution in [0, 0.1) is 0 Å². The Bertz CT molecular complexity index is 917. The number of hydrogen-bond acceptors (Lipinski definition) is 4. The molecule has 0 atom stereocenters. The van der Waals surface area contributed by atoms with Crippen LogP contribution in [0.1, 0.15) is 70.2 Å². The first kappa shape index (κ1) is 18.7. The van der Waals surface area contributed by atoms with Crippen molar-refractivity contribution in [3.8, 4) is 0 Å². The largest absolute Gasteiger partial charge is 0.334 e. The first-order chi connectivity index (χ1) is 14.2. The van der Waals surface area contributed by atoms with E-state index in [2.05, 4.69) is 24.1 Å². The fourth-order valence-electron chi connectivity index (χ4n) is 5.02. The Morgan fingerprint density at radius 3 is 2.62 bits per heavy atom. The van der Waals surface area contributed by atoms with Gasteiger partial charge in [0.1, 0.15) is 5.82 Å². The Labute approximate surface area is 173 Å². The van der Waals surface area contributed by atoms with Crippen molar-refractivity contribution in [3.05, 3.63) is 58.2 Å². The maximum absolute atomic E-state index is 13.1. The van der Waals surface area contributed by atoms with Gasteiger partial charge in [-0.3, -0.25) is 4.79 Å². The molecule has 2 aliphatic heterocycles. The summed E-state index contributed by atoms with van der Waals surface area (Å²) in [7, 11) is 2.18. The van der Waals surface area contributed by atoms with E-state index in [0.29, 0.717) is 12.5 Å². The highest BCUT2D eigenvalue weighted by molar-refractivity contribution is 5.94. The van der Waals surface area contributed by atoms with Gasteiger partial charge in [0.25, 0.3) is 5.91 Å². The average Bonchev–Trinajstić information content (AvgIpc) is 2.78. The summed E-state index contributed by atoms with van der Waals surface area (Å²) in [5.41, 5.74) is 5.87. The number of rotatable bonds is 2. The lowest BCUT2D eigenvalue weighted by Crippen LogP contribution is -2.37. The summed E-state index contributed by atoms with van der Waals surface area (Å²) in [6.45, 7) is 3.61. The Balaban J connectivity index is 1.30. The van der Waals surface area contributed by atoms with Gasteiger partial charge in [-0.25, -0.2) is 9.97 Å². The smallest absolute Gasteiger partial charge is 0.254 e. The fourth-order valence-corrected chi connectivity index (χ4v) is 5.02. The number of carbonyl (C=O) groups is 1. The quantitative estimate of drug-likeness (QED) is 0.789. The van der Waals surface area contributed by atoms with E-state index >= 15 is 0 Å². The normalized spacial score (nSPS) is 20.2. The second-order valence-electron chi connectivity index (χ2n) is 8.94. The van der Waals surface area contributed by atoms with E-state index in [1.807, 2.05) is 17.2 Å². The van der Waals surface area contributed by atoms with Crippen molar-refractivity contribution in [1.82, 2.24) is 19.8 Å². The van der Waals surface area contributed by atoms with Gasteiger partial charge in [0.05, 0.1) is 5.69 Å². The van der Waals surface area contributed by atoms with Crippen LogP contribution in [0.2, 0.25) is 0 Å². The average molecular weight is 391 g/mol. The number of piperidine rings is 1. The predicted octanol–water partition coefficient (Wildman–Crippen LogP) is 3.36. The maximum atomic E-state index is 13.1. The van der Waals surface area contributed by atoms with Crippen molar-refractivity contribution in [2.45, 2.75) is 57.4 Å². The predicted molar refractivity (Wildman–Crippen MR) is 113 cm³/mol. The monoisotopic (exact) mass is 390 g/mol. The van der Waals surface area contributed by atoms with Crippen LogP contribution in [-0.4, -0.2) is 52.4 Å². The van der Waals surface area contributed by atoms with E-state index in [4.69, 9.17) is 9.97 Å². The van der Waals surface area contributed by atoms with E-state index < -0.39 is 0 Å². The van der Waals surface area contributed by atoms with E-state index in [9.17, 15) is 4.79 Å². The minimum Gasteiger partial charge on any atom is -0.334 e. The number of fused-ring (bicyclic) bond motifs is 2. The highest BCUT2D eigenvalue weighted by Gasteiger charge is 2.26. The minimum absolute atomic E-state index is 0.142. The molecule has 0 radical (unpaired) electrons. The number of nitrogens with zero attached hydrogens (tertiary/aromatic N) is 4. The van der Waals surface area contributed by atoms with Gasteiger partial charge >= 0.3 is 0 Å². The van der Waals surface area contributed by atoms with Crippen LogP contribution in [0.3, 0.4) is 0 Å². The number of aryl methyl sites for hydroxylation is 2. The third-order valence-corrected chi connectivity index (χ3v) is 6.92. The number of benzene rings is 1. The zero-order valence-corrected chi connectivity index (χ0v) is 17.4. The van der Waals surface area contributed by atoms with Crippen molar-refractivity contribution >= 4 is 5.91 Å². The third-order valence-electron chi connectivity index (χ3n) is 6.92. The van der Waals surface area contributed by atoms with E-state index in [1.165, 1.54) is 24.0 Å². The molecule has 5 rings (SSSR count). The zero-order valence-electron chi connectivity index (χ0n) is 17.4. The summed E-state index contributed by atoms with van der Waals surface area (Å²) in [4.78, 5) is 27.1. The molecule has 0 N–H and O–H groups in total. The van der Waals surface area contributed by atoms with Crippen LogP contribution >= 0.6 is 0 Å². The van der Waals surface area contributed by atoms with E-state index in [0.717, 1.165) is 74.4 Å². The molecule has 2 aromatic rings. The Morgan fingerprint density at radius 2 is 1.79 bits per heavy atom. The number of hydrogen-bond donors (Lipinski definition) is 0. The Kier molecular flexibility index (Phi) is 5.08. The second-order valence-corrected chi connectivity index (χ2v) is 8.94. The van der Waals surface area contributed by atoms with Crippen molar-refractivity contribution in [2.75, 3.05) is 26.7 Å². The summed E-state index contributed by atoms with van der Waals surface area (Å²) in [5, 5.41) is 0. The van der Waals surface area contributed by atoms with Gasteiger partial charge in [-0.1, -0.05) is 6.07 Å². The molecule has 5 nitrogen and oxygen atoms in total. The van der Waals surface area contributed by atoms with Gasteiger partial charge < -0.3 is 9.80 Å². The first-order valence-corrected chi connectivity index (χ1v) is 11.1. The molecule has 1 aliphatic carbocycles. The number of amides is 1. The van der Waals surface area contributed by atoms with Crippen molar-refractivity contribution in [1.29, 1.82) is 0 Å². The Morgan fingerprint density at radius 1 is 1.00 bits per heavy atom. The lowest BCUT2D eigenvalue weighted by Gasteiger charge is -2.31. The highest BCUT2D eigenvalue weighted by Crippen LogP contribution is 2.28. The van der Waals surface area contributed by atoms with Gasteiger partial charge in [0, 0.05) is 42.8 Å². The maximum Gasteiger partial charge on any atom is 0.254 e. The Hall–Kier alpha value is -2.27. The van der Waals surface area contributed by atoms with Crippen molar-refractivity contribution in [2.24, 2.45) is 0 Å². The SMILES string of the molecule is CN1CCC(c2ncc3c(n2)CCN(C(=O)c2ccc4c(c2)CCCC4)C3)CC1. The van der Waals surface area contributed by atoms with Crippen LogP contribution in [0.25, 0.3) is 0 Å². The van der Waals surface area contributed by atoms with E-state index in [-0.39, 0.29) is 5.91 Å². The summed E-state index contributed by atoms with van der Waals surface area (Å²) < 4.78 is 0. The topological polar surface area (TPSA) is 49.3 Å². The molecule has 1 amide bonds. The zero-order chi connectivity index (χ0) is 19.8. The van der Waals surface area contributed by atoms with Gasteiger partial charge in [-0.15, -0.1) is 0 Å². The number of aromatic nitrogens is 2. The van der Waals surface area contributed by atoms with Crippen molar-refractivity contribution in [3.63, 3.8) is 0 Å². The molecular formula is C24H30N4O. The number of likely N-dealkylation sites (tertiary alicyclic amines) is 1. The molecule has 3 heterocycles. The standard InChI is InChI=1S/C24H30N4O/c1-27-11-8-18(9-12-27)23-25-15-21-16-28(13-10-22(21)26-23)24(29)20-7-6-17-4-2-3-5-19(17)14-20/h6-7,14-15,18H,2-5,8-13,16H2,1H3. The minimum atomic E-state index is 0.142. The fraction of sp³-hybridized carbons (Fsp3) is 0.542. The summed E-state index contributed by atoms with van der Waals surface area (Å²) in [5.74, 6) is 1.63. The van der Waals surface area contributed by atoms with Gasteiger partial charge in [-0.05, 0) is 81.9 Å².